The predicted octanol–water partition coefficient (Wildman–Crippen LogP) is 1.41. The van der Waals surface area contributed by atoms with Crippen molar-refractivity contribution < 1.29 is 37.2 Å². The van der Waals surface area contributed by atoms with E-state index in [1.165, 1.54) is 14.0 Å². The third-order valence-electron chi connectivity index (χ3n) is 3.09. The molecule has 0 aromatic heterocycles. The molecule has 1 aromatic carbocycles. The summed E-state index contributed by atoms with van der Waals surface area (Å²) in [7, 11) is 1.26. The van der Waals surface area contributed by atoms with Gasteiger partial charge < -0.3 is 15.4 Å². The van der Waals surface area contributed by atoms with Crippen molar-refractivity contribution >= 4 is 29.3 Å². The predicted molar refractivity (Wildman–Crippen MR) is 84.7 cm³/mol. The van der Waals surface area contributed by atoms with Crippen molar-refractivity contribution in [2.45, 2.75) is 19.2 Å². The minimum Gasteiger partial charge on any atom is -0.451 e. The number of hydrogen-bond donors (Lipinski definition) is 3. The maximum atomic E-state index is 12.6. The molecule has 0 aliphatic rings. The molecule has 3 amide bonds. The Balaban J connectivity index is 2.74. The maximum absolute atomic E-state index is 12.6. The Morgan fingerprint density at radius 1 is 1.30 bits per heavy atom. The number of nitro benzene ring substituents is 1. The minimum absolute atomic E-state index is 0.326. The molecule has 0 fully saturated rings. The normalized spacial score (nSPS) is 11.9. The van der Waals surface area contributed by atoms with Crippen molar-refractivity contribution in [2.75, 3.05) is 18.9 Å². The fourth-order valence-electron chi connectivity index (χ4n) is 1.74. The lowest BCUT2D eigenvalue weighted by Crippen LogP contribution is -2.43. The van der Waals surface area contributed by atoms with E-state index in [1.807, 2.05) is 5.32 Å². The van der Waals surface area contributed by atoms with Gasteiger partial charge in [-0.2, -0.15) is 13.2 Å². The van der Waals surface area contributed by atoms with Gasteiger partial charge in [0, 0.05) is 13.1 Å². The number of imide groups is 1. The topological polar surface area (TPSA) is 140 Å². The number of ether oxygens (including phenoxy) is 1. The van der Waals surface area contributed by atoms with Crippen molar-refractivity contribution in [1.82, 2.24) is 10.6 Å². The summed E-state index contributed by atoms with van der Waals surface area (Å²) < 4.78 is 42.6. The van der Waals surface area contributed by atoms with Crippen LogP contribution in [0.3, 0.4) is 0 Å². The summed E-state index contributed by atoms with van der Waals surface area (Å²) in [5.41, 5.74) is -2.45. The second-order valence-corrected chi connectivity index (χ2v) is 5.04. The number of anilines is 1. The van der Waals surface area contributed by atoms with Gasteiger partial charge in [0.15, 0.2) is 6.10 Å². The van der Waals surface area contributed by atoms with E-state index in [1.54, 1.807) is 0 Å². The van der Waals surface area contributed by atoms with Gasteiger partial charge in [-0.15, -0.1) is 0 Å². The van der Waals surface area contributed by atoms with E-state index >= 15 is 0 Å². The third-order valence-corrected chi connectivity index (χ3v) is 3.09. The highest BCUT2D eigenvalue weighted by atomic mass is 19.4. The van der Waals surface area contributed by atoms with E-state index in [0.29, 0.717) is 12.1 Å². The van der Waals surface area contributed by atoms with E-state index in [4.69, 9.17) is 4.74 Å². The van der Waals surface area contributed by atoms with Crippen LogP contribution in [0.15, 0.2) is 18.2 Å². The van der Waals surface area contributed by atoms with E-state index in [-0.39, 0.29) is 5.69 Å². The van der Waals surface area contributed by atoms with Crippen molar-refractivity contribution in [3.8, 4) is 0 Å². The van der Waals surface area contributed by atoms with Crippen LogP contribution in [0.2, 0.25) is 0 Å². The first-order valence-corrected chi connectivity index (χ1v) is 7.27. The smallest absolute Gasteiger partial charge is 0.416 e. The van der Waals surface area contributed by atoms with Gasteiger partial charge in [0.05, 0.1) is 10.5 Å². The fraction of sp³-hybridized carbons (Fsp3) is 0.357. The van der Waals surface area contributed by atoms with Gasteiger partial charge in [0.1, 0.15) is 12.2 Å². The zero-order chi connectivity index (χ0) is 20.8. The Bertz CT molecular complexity index is 753. The van der Waals surface area contributed by atoms with Crippen molar-refractivity contribution in [1.29, 1.82) is 0 Å². The molecule has 0 spiro atoms. The lowest BCUT2D eigenvalue weighted by atomic mass is 10.1. The molecule has 10 nitrogen and oxygen atoms in total. The van der Waals surface area contributed by atoms with Crippen LogP contribution < -0.4 is 16.0 Å². The average molecular weight is 392 g/mol. The molecule has 0 saturated heterocycles. The van der Waals surface area contributed by atoms with Crippen molar-refractivity contribution in [3.05, 3.63) is 33.9 Å². The summed E-state index contributed by atoms with van der Waals surface area (Å²) in [5, 5.41) is 17.2. The van der Waals surface area contributed by atoms with Crippen LogP contribution >= 0.6 is 0 Å². The molecule has 0 heterocycles. The van der Waals surface area contributed by atoms with Gasteiger partial charge in [0.2, 0.25) is 0 Å². The summed E-state index contributed by atoms with van der Waals surface area (Å²) in [4.78, 5) is 44.1. The number of nitrogens with zero attached hydrogens (tertiary/aromatic N) is 1. The fourth-order valence-corrected chi connectivity index (χ4v) is 1.74. The monoisotopic (exact) mass is 392 g/mol. The molecule has 0 bridgehead atoms. The molecule has 0 unspecified atom stereocenters. The first kappa shape index (κ1) is 21.7. The quantitative estimate of drug-likeness (QED) is 0.378. The molecule has 13 heteroatoms. The summed E-state index contributed by atoms with van der Waals surface area (Å²) in [6, 6.07) is 0.921. The van der Waals surface area contributed by atoms with E-state index in [2.05, 4.69) is 10.6 Å². The highest BCUT2D eigenvalue weighted by Crippen LogP contribution is 2.34. The molecule has 0 aliphatic carbocycles. The van der Waals surface area contributed by atoms with Crippen LogP contribution in [-0.4, -0.2) is 42.5 Å². The van der Waals surface area contributed by atoms with Gasteiger partial charge in [-0.1, -0.05) is 0 Å². The molecule has 148 valence electrons. The molecule has 1 rings (SSSR count). The third kappa shape index (κ3) is 6.45. The van der Waals surface area contributed by atoms with Gasteiger partial charge in [-0.3, -0.25) is 25.0 Å². The second kappa shape index (κ2) is 8.82. The number of nitrogens with one attached hydrogen (secondary N) is 3. The van der Waals surface area contributed by atoms with Gasteiger partial charge >= 0.3 is 18.2 Å². The Kier molecular flexibility index (Phi) is 7.08. The van der Waals surface area contributed by atoms with Crippen molar-refractivity contribution in [2.24, 2.45) is 0 Å². The summed E-state index contributed by atoms with van der Waals surface area (Å²) in [5.74, 6) is -1.94. The largest absolute Gasteiger partial charge is 0.451 e. The zero-order valence-electron chi connectivity index (χ0n) is 14.0. The number of nitro groups is 1. The molecule has 0 saturated carbocycles. The lowest BCUT2D eigenvalue weighted by molar-refractivity contribution is -0.384. The first-order chi connectivity index (χ1) is 12.5. The molecular weight excluding hydrogens is 377 g/mol. The van der Waals surface area contributed by atoms with E-state index in [9.17, 15) is 37.7 Å². The number of halogens is 3. The lowest BCUT2D eigenvalue weighted by Gasteiger charge is -2.14. The number of amides is 3. The number of esters is 1. The number of alkyl halides is 3. The Labute approximate surface area is 150 Å². The standard InChI is InChI=1S/C14H15F3N4O6/c1-7(12(23)20-13(24)18-2)27-11(22)6-19-9-4-3-8(14(15,16)17)5-10(9)21(25)26/h3-5,7,19H,6H2,1-2H3,(H2,18,20,23,24)/t7-/m0/s1. The summed E-state index contributed by atoms with van der Waals surface area (Å²) >= 11 is 0. The maximum Gasteiger partial charge on any atom is 0.416 e. The molecule has 1 aromatic rings. The molecule has 0 aliphatic heterocycles. The molecule has 0 radical (unpaired) electrons. The summed E-state index contributed by atoms with van der Waals surface area (Å²) in [6.45, 7) is 0.514. The SMILES string of the molecule is CNC(=O)NC(=O)[C@H](C)OC(=O)CNc1ccc(C(F)(F)F)cc1[N+](=O)[O-]. The Morgan fingerprint density at radius 3 is 2.44 bits per heavy atom. The van der Waals surface area contributed by atoms with E-state index in [0.717, 1.165) is 6.07 Å². The summed E-state index contributed by atoms with van der Waals surface area (Å²) in [6.07, 6.45) is -6.12. The number of carbonyl (C=O) groups excluding carboxylic acids is 3. The first-order valence-electron chi connectivity index (χ1n) is 7.27. The molecule has 1 atom stereocenters. The second-order valence-electron chi connectivity index (χ2n) is 5.04. The minimum atomic E-state index is -4.77. The molecule has 27 heavy (non-hydrogen) atoms. The van der Waals surface area contributed by atoms with Crippen LogP contribution in [0, 0.1) is 10.1 Å². The molecule has 3 N–H and O–H groups in total. The van der Waals surface area contributed by atoms with Gasteiger partial charge in [-0.05, 0) is 19.1 Å². The molecular formula is C14H15F3N4O6. The van der Waals surface area contributed by atoms with E-state index < -0.39 is 52.9 Å². The number of hydrogen-bond acceptors (Lipinski definition) is 7. The van der Waals surface area contributed by atoms with Crippen molar-refractivity contribution in [3.63, 3.8) is 0 Å². The zero-order valence-corrected chi connectivity index (χ0v) is 14.0. The van der Waals surface area contributed by atoms with Crippen LogP contribution in [-0.2, 0) is 20.5 Å². The van der Waals surface area contributed by atoms with Crippen LogP contribution in [0.1, 0.15) is 12.5 Å². The number of rotatable bonds is 6. The number of benzene rings is 1. The highest BCUT2D eigenvalue weighted by molar-refractivity contribution is 5.97. The van der Waals surface area contributed by atoms with Crippen LogP contribution in [0.5, 0.6) is 0 Å². The van der Waals surface area contributed by atoms with Crippen LogP contribution in [0.4, 0.5) is 29.3 Å². The Morgan fingerprint density at radius 2 is 1.93 bits per heavy atom. The number of carbonyl (C=O) groups is 3. The average Bonchev–Trinajstić information content (AvgIpc) is 2.58. The Hall–Kier alpha value is -3.38. The van der Waals surface area contributed by atoms with Gasteiger partial charge in [-0.25, -0.2) is 4.79 Å². The van der Waals surface area contributed by atoms with Gasteiger partial charge in [0.25, 0.3) is 11.6 Å². The van der Waals surface area contributed by atoms with Crippen LogP contribution in [0.25, 0.3) is 0 Å². The highest BCUT2D eigenvalue weighted by Gasteiger charge is 2.33. The number of urea groups is 1.